The predicted octanol–water partition coefficient (Wildman–Crippen LogP) is 2.76. The van der Waals surface area contributed by atoms with Crippen LogP contribution in [-0.4, -0.2) is 54.4 Å². The van der Waals surface area contributed by atoms with E-state index in [1.807, 2.05) is 11.8 Å². The van der Waals surface area contributed by atoms with Gasteiger partial charge in [0.15, 0.2) is 5.72 Å². The Morgan fingerprint density at radius 2 is 2.00 bits per heavy atom. The molecule has 2 heterocycles. The minimum atomic E-state index is -1.03. The molecule has 0 spiro atoms. The summed E-state index contributed by atoms with van der Waals surface area (Å²) in [5.74, 6) is -2.66. The van der Waals surface area contributed by atoms with Gasteiger partial charge in [-0.25, -0.2) is 4.79 Å². The number of benzene rings is 1. The fraction of sp³-hybridized carbons (Fsp3) is 0.524. The number of methoxy groups -OCH3 is 1. The zero-order chi connectivity index (χ0) is 22.1. The van der Waals surface area contributed by atoms with Gasteiger partial charge in [0.1, 0.15) is 5.92 Å². The van der Waals surface area contributed by atoms with Crippen molar-refractivity contribution in [2.24, 2.45) is 5.92 Å². The SMILES string of the molecule is CCOC(=O)[C@H]1[C@H](c2ccc([N+](=O)[O-])cc2)C(C(=O)OC)=C(C)N2CCCO[C@@]12C. The molecule has 0 saturated carbocycles. The van der Waals surface area contributed by atoms with Gasteiger partial charge in [0.25, 0.3) is 5.69 Å². The molecule has 0 bridgehead atoms. The van der Waals surface area contributed by atoms with Gasteiger partial charge >= 0.3 is 11.9 Å². The molecule has 1 saturated heterocycles. The number of hydrogen-bond donors (Lipinski definition) is 0. The van der Waals surface area contributed by atoms with Gasteiger partial charge in [-0.15, -0.1) is 0 Å². The van der Waals surface area contributed by atoms with Crippen molar-refractivity contribution in [3.63, 3.8) is 0 Å². The molecule has 30 heavy (non-hydrogen) atoms. The molecule has 3 rings (SSSR count). The fourth-order valence-electron chi connectivity index (χ4n) is 4.54. The summed E-state index contributed by atoms with van der Waals surface area (Å²) in [6.45, 7) is 6.60. The maximum absolute atomic E-state index is 13.2. The van der Waals surface area contributed by atoms with E-state index < -0.39 is 34.4 Å². The molecule has 0 radical (unpaired) electrons. The summed E-state index contributed by atoms with van der Waals surface area (Å²) in [6, 6.07) is 5.84. The topological polar surface area (TPSA) is 108 Å². The highest BCUT2D eigenvalue weighted by Gasteiger charge is 2.57. The maximum atomic E-state index is 13.2. The minimum absolute atomic E-state index is 0.0793. The summed E-state index contributed by atoms with van der Waals surface area (Å²) in [5.41, 5.74) is 0.455. The Labute approximate surface area is 174 Å². The molecule has 9 heteroatoms. The lowest BCUT2D eigenvalue weighted by molar-refractivity contribution is -0.384. The zero-order valence-corrected chi connectivity index (χ0v) is 17.5. The number of nitrogens with zero attached hydrogens (tertiary/aromatic N) is 2. The van der Waals surface area contributed by atoms with Crippen LogP contribution in [0.4, 0.5) is 5.69 Å². The Balaban J connectivity index is 2.24. The monoisotopic (exact) mass is 418 g/mol. The minimum Gasteiger partial charge on any atom is -0.466 e. The summed E-state index contributed by atoms with van der Waals surface area (Å²) < 4.78 is 16.6. The van der Waals surface area contributed by atoms with E-state index in [-0.39, 0.29) is 12.3 Å². The van der Waals surface area contributed by atoms with Crippen LogP contribution in [0.5, 0.6) is 0 Å². The molecule has 0 aliphatic carbocycles. The van der Waals surface area contributed by atoms with Crippen molar-refractivity contribution in [1.29, 1.82) is 0 Å². The second-order valence-electron chi connectivity index (χ2n) is 7.45. The molecule has 2 aliphatic rings. The molecule has 3 atom stereocenters. The van der Waals surface area contributed by atoms with Crippen molar-refractivity contribution in [2.75, 3.05) is 26.9 Å². The van der Waals surface area contributed by atoms with Gasteiger partial charge in [-0.3, -0.25) is 14.9 Å². The summed E-state index contributed by atoms with van der Waals surface area (Å²) in [6.07, 6.45) is 0.749. The number of ether oxygens (including phenoxy) is 3. The molecule has 9 nitrogen and oxygen atoms in total. The Bertz CT molecular complexity index is 880. The number of esters is 2. The van der Waals surface area contributed by atoms with E-state index >= 15 is 0 Å². The fourth-order valence-corrected chi connectivity index (χ4v) is 4.54. The van der Waals surface area contributed by atoms with E-state index in [1.165, 1.54) is 19.2 Å². The number of carbonyl (C=O) groups excluding carboxylic acids is 2. The molecule has 162 valence electrons. The molecule has 1 fully saturated rings. The molecule has 0 unspecified atom stereocenters. The highest BCUT2D eigenvalue weighted by atomic mass is 16.6. The summed E-state index contributed by atoms with van der Waals surface area (Å²) in [5, 5.41) is 11.1. The van der Waals surface area contributed by atoms with Gasteiger partial charge in [0.2, 0.25) is 0 Å². The highest BCUT2D eigenvalue weighted by Crippen LogP contribution is 2.50. The summed E-state index contributed by atoms with van der Waals surface area (Å²) >= 11 is 0. The van der Waals surface area contributed by atoms with Gasteiger partial charge in [-0.1, -0.05) is 12.1 Å². The molecule has 0 amide bonds. The number of nitro groups is 1. The zero-order valence-electron chi connectivity index (χ0n) is 17.5. The van der Waals surface area contributed by atoms with Crippen LogP contribution in [0, 0.1) is 16.0 Å². The van der Waals surface area contributed by atoms with Gasteiger partial charge in [0.05, 0.1) is 30.8 Å². The molecule has 0 aromatic heterocycles. The van der Waals surface area contributed by atoms with Gasteiger partial charge in [0, 0.05) is 30.3 Å². The number of rotatable bonds is 5. The van der Waals surface area contributed by atoms with Crippen LogP contribution >= 0.6 is 0 Å². The van der Waals surface area contributed by atoms with Crippen LogP contribution in [0.2, 0.25) is 0 Å². The third kappa shape index (κ3) is 3.54. The Morgan fingerprint density at radius 3 is 2.57 bits per heavy atom. The van der Waals surface area contributed by atoms with Gasteiger partial charge in [-0.2, -0.15) is 0 Å². The lowest BCUT2D eigenvalue weighted by Crippen LogP contribution is -2.63. The van der Waals surface area contributed by atoms with Crippen molar-refractivity contribution in [1.82, 2.24) is 4.90 Å². The van der Waals surface area contributed by atoms with E-state index in [0.29, 0.717) is 30.0 Å². The third-order valence-corrected chi connectivity index (χ3v) is 5.88. The van der Waals surface area contributed by atoms with Crippen molar-refractivity contribution in [3.8, 4) is 0 Å². The van der Waals surface area contributed by atoms with Crippen molar-refractivity contribution in [3.05, 3.63) is 51.2 Å². The smallest absolute Gasteiger partial charge is 0.336 e. The number of allylic oxidation sites excluding steroid dienone is 1. The third-order valence-electron chi connectivity index (χ3n) is 5.88. The van der Waals surface area contributed by atoms with Crippen LogP contribution in [-0.2, 0) is 23.8 Å². The first-order valence-corrected chi connectivity index (χ1v) is 9.87. The number of non-ortho nitro benzene ring substituents is 1. The number of hydrogen-bond acceptors (Lipinski definition) is 8. The van der Waals surface area contributed by atoms with E-state index in [2.05, 4.69) is 0 Å². The number of fused-ring (bicyclic) bond motifs is 1. The average molecular weight is 418 g/mol. The van der Waals surface area contributed by atoms with Crippen LogP contribution < -0.4 is 0 Å². The van der Waals surface area contributed by atoms with Gasteiger partial charge in [-0.05, 0) is 32.8 Å². The number of nitro benzene ring substituents is 1. The highest BCUT2D eigenvalue weighted by molar-refractivity contribution is 5.93. The molecule has 2 aliphatic heterocycles. The Kier molecular flexibility index (Phi) is 6.12. The van der Waals surface area contributed by atoms with E-state index in [4.69, 9.17) is 14.2 Å². The Hall–Kier alpha value is -2.94. The van der Waals surface area contributed by atoms with E-state index in [0.717, 1.165) is 6.42 Å². The first-order chi connectivity index (χ1) is 14.3. The largest absolute Gasteiger partial charge is 0.466 e. The van der Waals surface area contributed by atoms with Crippen LogP contribution in [0.15, 0.2) is 35.5 Å². The van der Waals surface area contributed by atoms with E-state index in [9.17, 15) is 19.7 Å². The first-order valence-electron chi connectivity index (χ1n) is 9.87. The maximum Gasteiger partial charge on any atom is 0.336 e. The van der Waals surface area contributed by atoms with Crippen molar-refractivity contribution >= 4 is 17.6 Å². The van der Waals surface area contributed by atoms with E-state index in [1.54, 1.807) is 26.0 Å². The van der Waals surface area contributed by atoms with Crippen LogP contribution in [0.3, 0.4) is 0 Å². The molecule has 1 aromatic rings. The Morgan fingerprint density at radius 1 is 1.33 bits per heavy atom. The molecule has 1 aromatic carbocycles. The normalized spacial score (nSPS) is 26.1. The summed E-state index contributed by atoms with van der Waals surface area (Å²) in [4.78, 5) is 38.5. The second-order valence-corrected chi connectivity index (χ2v) is 7.45. The average Bonchev–Trinajstić information content (AvgIpc) is 2.72. The van der Waals surface area contributed by atoms with Crippen molar-refractivity contribution in [2.45, 2.75) is 38.8 Å². The second kappa shape index (κ2) is 8.43. The lowest BCUT2D eigenvalue weighted by Gasteiger charge is -2.55. The molecular formula is C21H26N2O7. The van der Waals surface area contributed by atoms with Crippen molar-refractivity contribution < 1.29 is 28.7 Å². The van der Waals surface area contributed by atoms with Crippen LogP contribution in [0.1, 0.15) is 38.7 Å². The van der Waals surface area contributed by atoms with Crippen LogP contribution in [0.25, 0.3) is 0 Å². The quantitative estimate of drug-likeness (QED) is 0.408. The lowest BCUT2D eigenvalue weighted by atomic mass is 9.70. The standard InChI is InChI=1S/C21H26N2O7/c1-5-29-20(25)18-17(14-7-9-15(10-8-14)23(26)27)16(19(24)28-4)13(2)22-11-6-12-30-21(18,22)3/h7-10,17-18H,5-6,11-12H2,1-4H3/t17-,18-,21+/m1/s1. The summed E-state index contributed by atoms with van der Waals surface area (Å²) in [7, 11) is 1.29. The molecular weight excluding hydrogens is 392 g/mol. The van der Waals surface area contributed by atoms with Gasteiger partial charge < -0.3 is 19.1 Å². The first kappa shape index (κ1) is 21.8. The predicted molar refractivity (Wildman–Crippen MR) is 106 cm³/mol. The molecule has 0 N–H and O–H groups in total. The number of carbonyl (C=O) groups is 2.